The number of carbonyl (C=O) groups is 1. The summed E-state index contributed by atoms with van der Waals surface area (Å²) in [5, 5.41) is 3.00. The Labute approximate surface area is 108 Å². The lowest BCUT2D eigenvalue weighted by Gasteiger charge is -2.13. The molecule has 1 aliphatic carbocycles. The Bertz CT molecular complexity index is 404. The molecular formula is C12H14BrNOS. The first kappa shape index (κ1) is 12.0. The van der Waals surface area contributed by atoms with Crippen molar-refractivity contribution in [2.24, 2.45) is 0 Å². The van der Waals surface area contributed by atoms with E-state index < -0.39 is 0 Å². The maximum absolute atomic E-state index is 11.9. The molecule has 1 aromatic rings. The maximum Gasteiger partial charge on any atom is 0.252 e. The van der Waals surface area contributed by atoms with Crippen molar-refractivity contribution in [1.82, 2.24) is 5.32 Å². The number of benzene rings is 1. The van der Waals surface area contributed by atoms with Crippen LogP contribution in [0.2, 0.25) is 0 Å². The summed E-state index contributed by atoms with van der Waals surface area (Å²) >= 11 is 5.24. The molecule has 1 amide bonds. The van der Waals surface area contributed by atoms with Gasteiger partial charge in [-0.05, 0) is 47.2 Å². The molecule has 1 aliphatic rings. The Hall–Kier alpha value is -0.480. The zero-order valence-corrected chi connectivity index (χ0v) is 11.5. The fraction of sp³-hybridized carbons (Fsp3) is 0.417. The van der Waals surface area contributed by atoms with Crippen LogP contribution in [-0.4, -0.2) is 23.5 Å². The standard InChI is InChI=1S/C12H14BrNOS/c1-16-12(6-7-12)8-14-11(15)9-4-2-3-5-10(9)13/h2-5H,6-8H2,1H3,(H,14,15). The van der Waals surface area contributed by atoms with Crippen LogP contribution in [0.5, 0.6) is 0 Å². The van der Waals surface area contributed by atoms with E-state index in [1.54, 1.807) is 0 Å². The minimum absolute atomic E-state index is 0.00722. The smallest absolute Gasteiger partial charge is 0.252 e. The van der Waals surface area contributed by atoms with Crippen LogP contribution in [0, 0.1) is 0 Å². The second kappa shape index (κ2) is 4.80. The summed E-state index contributed by atoms with van der Waals surface area (Å²) < 4.78 is 1.16. The number of amides is 1. The van der Waals surface area contributed by atoms with Gasteiger partial charge in [-0.2, -0.15) is 11.8 Å². The highest BCUT2D eigenvalue weighted by Gasteiger charge is 2.41. The molecule has 0 atom stereocenters. The third-order valence-electron chi connectivity index (χ3n) is 2.93. The number of rotatable bonds is 4. The number of nitrogens with one attached hydrogen (secondary N) is 1. The minimum Gasteiger partial charge on any atom is -0.351 e. The Balaban J connectivity index is 1.96. The highest BCUT2D eigenvalue weighted by Crippen LogP contribution is 2.46. The molecule has 86 valence electrons. The molecule has 1 aromatic carbocycles. The van der Waals surface area contributed by atoms with Gasteiger partial charge in [-0.25, -0.2) is 0 Å². The molecule has 0 aromatic heterocycles. The third-order valence-corrected chi connectivity index (χ3v) is 5.04. The van der Waals surface area contributed by atoms with E-state index in [0.29, 0.717) is 10.3 Å². The summed E-state index contributed by atoms with van der Waals surface area (Å²) in [5.74, 6) is 0.00722. The van der Waals surface area contributed by atoms with Crippen molar-refractivity contribution in [3.05, 3.63) is 34.3 Å². The lowest BCUT2D eigenvalue weighted by molar-refractivity contribution is 0.0952. The van der Waals surface area contributed by atoms with Gasteiger partial charge in [0.25, 0.3) is 5.91 Å². The van der Waals surface area contributed by atoms with Crippen LogP contribution >= 0.6 is 27.7 Å². The first-order valence-electron chi connectivity index (χ1n) is 5.25. The summed E-state index contributed by atoms with van der Waals surface area (Å²) in [6.45, 7) is 0.772. The summed E-state index contributed by atoms with van der Waals surface area (Å²) in [7, 11) is 0. The van der Waals surface area contributed by atoms with Gasteiger partial charge in [-0.1, -0.05) is 12.1 Å². The van der Waals surface area contributed by atoms with Gasteiger partial charge >= 0.3 is 0 Å². The molecule has 1 fully saturated rings. The molecule has 0 aliphatic heterocycles. The number of carbonyl (C=O) groups excluding carboxylic acids is 1. The normalized spacial score (nSPS) is 16.9. The minimum atomic E-state index is 0.00722. The molecule has 0 saturated heterocycles. The van der Waals surface area contributed by atoms with Crippen molar-refractivity contribution >= 4 is 33.6 Å². The van der Waals surface area contributed by atoms with Crippen LogP contribution in [0.15, 0.2) is 28.7 Å². The lowest BCUT2D eigenvalue weighted by Crippen LogP contribution is -2.31. The van der Waals surface area contributed by atoms with E-state index in [2.05, 4.69) is 27.5 Å². The quantitative estimate of drug-likeness (QED) is 0.926. The van der Waals surface area contributed by atoms with Crippen LogP contribution in [-0.2, 0) is 0 Å². The number of halogens is 1. The van der Waals surface area contributed by atoms with Gasteiger partial charge in [-0.3, -0.25) is 4.79 Å². The largest absolute Gasteiger partial charge is 0.351 e. The molecule has 1 N–H and O–H groups in total. The summed E-state index contributed by atoms with van der Waals surface area (Å²) in [5.41, 5.74) is 0.708. The Morgan fingerprint density at radius 1 is 1.50 bits per heavy atom. The molecule has 0 heterocycles. The second-order valence-electron chi connectivity index (χ2n) is 4.05. The van der Waals surface area contributed by atoms with E-state index >= 15 is 0 Å². The van der Waals surface area contributed by atoms with E-state index in [-0.39, 0.29) is 5.91 Å². The average molecular weight is 300 g/mol. The highest BCUT2D eigenvalue weighted by atomic mass is 79.9. The number of hydrogen-bond acceptors (Lipinski definition) is 2. The molecule has 0 unspecified atom stereocenters. The van der Waals surface area contributed by atoms with Crippen molar-refractivity contribution in [2.45, 2.75) is 17.6 Å². The molecule has 0 spiro atoms. The fourth-order valence-electron chi connectivity index (χ4n) is 1.57. The Morgan fingerprint density at radius 3 is 2.75 bits per heavy atom. The van der Waals surface area contributed by atoms with Crippen LogP contribution < -0.4 is 5.32 Å². The molecule has 0 bridgehead atoms. The fourth-order valence-corrected chi connectivity index (χ4v) is 2.77. The van der Waals surface area contributed by atoms with Crippen LogP contribution in [0.1, 0.15) is 23.2 Å². The monoisotopic (exact) mass is 299 g/mol. The second-order valence-corrected chi connectivity index (χ2v) is 6.18. The van der Waals surface area contributed by atoms with E-state index in [4.69, 9.17) is 0 Å². The molecule has 2 nitrogen and oxygen atoms in total. The van der Waals surface area contributed by atoms with Crippen LogP contribution in [0.3, 0.4) is 0 Å². The van der Waals surface area contributed by atoms with E-state index in [1.807, 2.05) is 36.0 Å². The van der Waals surface area contributed by atoms with Gasteiger partial charge in [0.1, 0.15) is 0 Å². The van der Waals surface area contributed by atoms with Crippen molar-refractivity contribution in [3.63, 3.8) is 0 Å². The van der Waals surface area contributed by atoms with Gasteiger partial charge in [0.2, 0.25) is 0 Å². The van der Waals surface area contributed by atoms with Gasteiger partial charge in [0, 0.05) is 15.8 Å². The Kier molecular flexibility index (Phi) is 3.60. The molecule has 0 radical (unpaired) electrons. The average Bonchev–Trinajstić information content (AvgIpc) is 3.07. The molecular weight excluding hydrogens is 286 g/mol. The predicted octanol–water partition coefficient (Wildman–Crippen LogP) is 3.07. The van der Waals surface area contributed by atoms with E-state index in [1.165, 1.54) is 12.8 Å². The van der Waals surface area contributed by atoms with Gasteiger partial charge in [0.05, 0.1) is 5.56 Å². The predicted molar refractivity (Wildman–Crippen MR) is 72.0 cm³/mol. The maximum atomic E-state index is 11.9. The number of hydrogen-bond donors (Lipinski definition) is 1. The van der Waals surface area contributed by atoms with Crippen LogP contribution in [0.25, 0.3) is 0 Å². The van der Waals surface area contributed by atoms with Crippen molar-refractivity contribution in [2.75, 3.05) is 12.8 Å². The first-order valence-corrected chi connectivity index (χ1v) is 7.26. The third kappa shape index (κ3) is 2.61. The summed E-state index contributed by atoms with van der Waals surface area (Å²) in [6, 6.07) is 7.50. The van der Waals surface area contributed by atoms with E-state index in [0.717, 1.165) is 11.0 Å². The van der Waals surface area contributed by atoms with Gasteiger partial charge in [0.15, 0.2) is 0 Å². The molecule has 16 heavy (non-hydrogen) atoms. The van der Waals surface area contributed by atoms with Gasteiger partial charge < -0.3 is 5.32 Å². The summed E-state index contributed by atoms with van der Waals surface area (Å²) in [6.07, 6.45) is 4.53. The molecule has 2 rings (SSSR count). The highest BCUT2D eigenvalue weighted by molar-refractivity contribution is 9.10. The zero-order valence-electron chi connectivity index (χ0n) is 9.13. The number of thioether (sulfide) groups is 1. The van der Waals surface area contributed by atoms with Crippen molar-refractivity contribution in [1.29, 1.82) is 0 Å². The Morgan fingerprint density at radius 2 is 2.19 bits per heavy atom. The van der Waals surface area contributed by atoms with E-state index in [9.17, 15) is 4.79 Å². The summed E-state index contributed by atoms with van der Waals surface area (Å²) in [4.78, 5) is 11.9. The van der Waals surface area contributed by atoms with Crippen LogP contribution in [0.4, 0.5) is 0 Å². The SMILES string of the molecule is CSC1(CNC(=O)c2ccccc2Br)CC1. The molecule has 1 saturated carbocycles. The molecule has 4 heteroatoms. The first-order chi connectivity index (χ1) is 7.67. The van der Waals surface area contributed by atoms with Crippen molar-refractivity contribution < 1.29 is 4.79 Å². The van der Waals surface area contributed by atoms with Crippen molar-refractivity contribution in [3.8, 4) is 0 Å². The lowest BCUT2D eigenvalue weighted by atomic mass is 10.2. The van der Waals surface area contributed by atoms with Gasteiger partial charge in [-0.15, -0.1) is 0 Å². The topological polar surface area (TPSA) is 29.1 Å². The zero-order chi connectivity index (χ0) is 11.6.